The Bertz CT molecular complexity index is 4310. The fraction of sp³-hybridized carbons (Fsp3) is 0.175. The first-order valence-corrected chi connectivity index (χ1v) is 26.8. The Labute approximate surface area is 430 Å². The number of rotatable bonds is 6. The number of hydrazone groups is 1. The van der Waals surface area contributed by atoms with Crippen molar-refractivity contribution in [1.82, 2.24) is 19.9 Å². The van der Waals surface area contributed by atoms with Gasteiger partial charge in [-0.1, -0.05) is 101 Å². The maximum Gasteiger partial charge on any atom is 0.271 e. The van der Waals surface area contributed by atoms with E-state index in [0.717, 1.165) is 33.0 Å². The molecule has 1 aromatic heterocycles. The van der Waals surface area contributed by atoms with E-state index in [-0.39, 0.29) is 17.5 Å². The van der Waals surface area contributed by atoms with E-state index in [1.165, 1.54) is 23.8 Å². The molecule has 2 heterocycles. The Hall–Kier alpha value is -7.04. The topological polar surface area (TPSA) is 79.6 Å². The Morgan fingerprint density at radius 1 is 0.736 bits per heavy atom. The van der Waals surface area contributed by atoms with Crippen molar-refractivity contribution in [2.75, 3.05) is 13.6 Å². The summed E-state index contributed by atoms with van der Waals surface area (Å²) < 4.78 is 3.09. The summed E-state index contributed by atoms with van der Waals surface area (Å²) in [6, 6.07) is 42.3. The van der Waals surface area contributed by atoms with Gasteiger partial charge in [0.25, 0.3) is 11.5 Å². The van der Waals surface area contributed by atoms with Crippen LogP contribution < -0.4 is 11.0 Å². The van der Waals surface area contributed by atoms with Crippen LogP contribution in [-0.2, 0) is 19.3 Å². The van der Waals surface area contributed by atoms with Crippen molar-refractivity contribution in [3.8, 4) is 39.3 Å². The summed E-state index contributed by atoms with van der Waals surface area (Å²) in [5.41, 5.74) is 35.0. The monoisotopic (exact) mass is 1060 g/mol. The molecule has 7 nitrogen and oxygen atoms in total. The van der Waals surface area contributed by atoms with Gasteiger partial charge in [0, 0.05) is 56.3 Å². The average molecular weight is 1060 g/mol. The lowest BCUT2D eigenvalue weighted by Crippen LogP contribution is -2.23. The van der Waals surface area contributed by atoms with Crippen LogP contribution in [0.3, 0.4) is 0 Å². The molecule has 342 valence electrons. The number of amides is 1. The van der Waals surface area contributed by atoms with Gasteiger partial charge in [-0.25, -0.2) is 10.4 Å². The zero-order valence-electron chi connectivity index (χ0n) is 38.8. The number of carbonyl (C=O) groups excluding carboxylic acids is 1. The summed E-state index contributed by atoms with van der Waals surface area (Å²) in [5.74, 6) is 2.42. The fourth-order valence-corrected chi connectivity index (χ4v) is 17.6. The van der Waals surface area contributed by atoms with Gasteiger partial charge in [-0.2, -0.15) is 5.10 Å². The van der Waals surface area contributed by atoms with Crippen molar-refractivity contribution in [2.24, 2.45) is 11.0 Å². The smallest absolute Gasteiger partial charge is 0.271 e. The normalized spacial score (nSPS) is 22.7. The first kappa shape index (κ1) is 39.6. The number of hydrogen-bond acceptors (Lipinski definition) is 5. The van der Waals surface area contributed by atoms with Crippen molar-refractivity contribution in [1.29, 1.82) is 0 Å². The molecule has 8 aliphatic carbocycles. The molecule has 1 fully saturated rings. The van der Waals surface area contributed by atoms with Crippen LogP contribution in [0.4, 0.5) is 0 Å². The molecule has 6 unspecified atom stereocenters. The lowest BCUT2D eigenvalue weighted by molar-refractivity contribution is 0.0955. The number of nitrogens with zero attached hydrogens (tertiary/aromatic N) is 4. The molecule has 18 rings (SSSR count). The summed E-state index contributed by atoms with van der Waals surface area (Å²) in [5, 5.41) is 7.94. The van der Waals surface area contributed by atoms with Crippen molar-refractivity contribution in [3.63, 3.8) is 0 Å². The zero-order valence-corrected chi connectivity index (χ0v) is 42.0. The molecule has 1 N–H and O–H groups in total. The number of benzene rings is 8. The number of allylic oxidation sites excluding steroid dienone is 2. The molecule has 0 spiro atoms. The minimum atomic E-state index is -0.343. The van der Waals surface area contributed by atoms with Gasteiger partial charge in [0.05, 0.1) is 22.8 Å². The van der Waals surface area contributed by atoms with E-state index < -0.39 is 0 Å². The fourth-order valence-electron chi connectivity index (χ4n) is 16.2. The highest BCUT2D eigenvalue weighted by Crippen LogP contribution is 2.77. The van der Waals surface area contributed by atoms with Crippen LogP contribution in [0.5, 0.6) is 0 Å². The van der Waals surface area contributed by atoms with Gasteiger partial charge in [0.1, 0.15) is 5.82 Å². The van der Waals surface area contributed by atoms with E-state index in [9.17, 15) is 9.59 Å². The lowest BCUT2D eigenvalue weighted by atomic mass is 9.63. The Balaban J connectivity index is 0.667. The highest BCUT2D eigenvalue weighted by Gasteiger charge is 2.60. The van der Waals surface area contributed by atoms with Crippen molar-refractivity contribution >= 4 is 76.8 Å². The van der Waals surface area contributed by atoms with E-state index in [0.29, 0.717) is 57.6 Å². The minimum absolute atomic E-state index is 0.214. The number of likely N-dealkylation sites (N-methyl/N-ethyl adjacent to an activating group) is 1. The van der Waals surface area contributed by atoms with Crippen molar-refractivity contribution in [3.05, 3.63) is 219 Å². The Morgan fingerprint density at radius 2 is 1.50 bits per heavy atom. The number of aromatic nitrogens is 2. The van der Waals surface area contributed by atoms with Gasteiger partial charge < -0.3 is 0 Å². The first-order valence-electron chi connectivity index (χ1n) is 25.2. The summed E-state index contributed by atoms with van der Waals surface area (Å²) in [6.45, 7) is 1.03. The Kier molecular flexibility index (Phi) is 7.32. The molecular weight excluding hydrogens is 1020 g/mol. The van der Waals surface area contributed by atoms with Gasteiger partial charge in [0.15, 0.2) is 0 Å². The van der Waals surface area contributed by atoms with E-state index in [1.807, 2.05) is 36.4 Å². The van der Waals surface area contributed by atoms with E-state index in [1.54, 1.807) is 141 Å². The number of fused-ring (bicyclic) bond motifs is 4. The van der Waals surface area contributed by atoms with Gasteiger partial charge in [-0.15, -0.1) is 0 Å². The minimum Gasteiger partial charge on any atom is -0.298 e. The number of nitrogens with one attached hydrogen (secondary N) is 1. The molecule has 9 aromatic rings. The van der Waals surface area contributed by atoms with Gasteiger partial charge in [0.2, 0.25) is 0 Å². The molecule has 9 aliphatic rings. The van der Waals surface area contributed by atoms with Crippen LogP contribution in [0.1, 0.15) is 112 Å². The molecule has 9 heteroatoms. The number of hydrogen-bond donors (Lipinski definition) is 1. The van der Waals surface area contributed by atoms with Crippen molar-refractivity contribution < 1.29 is 4.79 Å². The second-order valence-electron chi connectivity index (χ2n) is 21.8. The highest BCUT2D eigenvalue weighted by atomic mass is 79.9. The molecule has 72 heavy (non-hydrogen) atoms. The molecule has 1 amide bonds. The summed E-state index contributed by atoms with van der Waals surface area (Å²) in [6.07, 6.45) is 5.10. The third kappa shape index (κ3) is 4.65. The molecule has 0 saturated carbocycles. The van der Waals surface area contributed by atoms with E-state index in [2.05, 4.69) is 109 Å². The molecule has 1 aliphatic heterocycles. The van der Waals surface area contributed by atoms with Crippen LogP contribution >= 0.6 is 31.9 Å². The average Bonchev–Trinajstić information content (AvgIpc) is 4.22. The van der Waals surface area contributed by atoms with Gasteiger partial charge in [-0.3, -0.25) is 19.1 Å². The van der Waals surface area contributed by atoms with Crippen LogP contribution in [-0.4, -0.2) is 40.2 Å². The second kappa shape index (κ2) is 13.3. The summed E-state index contributed by atoms with van der Waals surface area (Å²) in [7, 11) is 2.34. The van der Waals surface area contributed by atoms with Crippen LogP contribution in [0.25, 0.3) is 72.2 Å². The van der Waals surface area contributed by atoms with Crippen molar-refractivity contribution in [2.45, 2.75) is 49.0 Å². The molecule has 1 saturated heterocycles. The van der Waals surface area contributed by atoms with Gasteiger partial charge >= 0.3 is 0 Å². The first-order chi connectivity index (χ1) is 35.3. The standard InChI is InChI=1S/C63H39Br2N5O2/c1-69-26-42-39-21-35-19-33-17-31-11-12-32-18-34-20-36-22-40(52-51(39)55-48(35)46(33)53-44(31)45(32)54-47(34)49(36)56(52)58(55)57(53)54)50(42)60(69)28-9-7-27(8-10-28)25-66-68-62(71)30-13-15-38(16-14-30)70-61(29-5-3-2-4-6-29)67-59-41(63(70)72)23-37(64)24-43(59)65/h2-16,18,21-25,33,42,50,57-58,60H,17,19-20,26H2,1H3,(H,68,71)/b66-25+. The van der Waals surface area contributed by atoms with Crippen LogP contribution in [0.15, 0.2) is 140 Å². The molecular formula is C63H39Br2N5O2. The summed E-state index contributed by atoms with van der Waals surface area (Å²) in [4.78, 5) is 35.2. The van der Waals surface area contributed by atoms with Crippen LogP contribution in [0.2, 0.25) is 0 Å². The van der Waals surface area contributed by atoms with Crippen LogP contribution in [0, 0.1) is 5.92 Å². The number of carbonyl (C=O) groups is 1. The lowest BCUT2D eigenvalue weighted by Gasteiger charge is -2.39. The second-order valence-corrected chi connectivity index (χ2v) is 23.6. The van der Waals surface area contributed by atoms with Gasteiger partial charge in [-0.05, 0) is 201 Å². The number of halogens is 2. The molecule has 6 atom stereocenters. The predicted molar refractivity (Wildman–Crippen MR) is 290 cm³/mol. The Morgan fingerprint density at radius 3 is 2.35 bits per heavy atom. The highest BCUT2D eigenvalue weighted by molar-refractivity contribution is 9.11. The maximum absolute atomic E-state index is 14.2. The maximum atomic E-state index is 14.2. The quantitative estimate of drug-likeness (QED) is 0.133. The SMILES string of the molecule is CN1CC2c3cc4c5c6c3-c3c(cc7c8c3C6C3C6=C5C(C4)Cc4ccc5cc(c-8c3c5c46)C7)C2C1c1ccc(/C=N/NC(=O)c2ccc(-n3c(-c4ccccc4)nc4c(Br)cc(Br)cc4c3=O)cc2)cc1. The molecule has 8 aromatic carbocycles. The largest absolute Gasteiger partial charge is 0.298 e. The third-order valence-electron chi connectivity index (χ3n) is 18.6. The van der Waals surface area contributed by atoms with E-state index in [4.69, 9.17) is 4.98 Å². The zero-order chi connectivity index (χ0) is 47.3. The molecule has 0 bridgehead atoms. The predicted octanol–water partition coefficient (Wildman–Crippen LogP) is 13.1. The molecule has 0 radical (unpaired) electrons. The van der Waals surface area contributed by atoms with E-state index >= 15 is 0 Å². The third-order valence-corrected chi connectivity index (χ3v) is 19.6. The number of likely N-dealkylation sites (tertiary alicyclic amines) is 1. The summed E-state index contributed by atoms with van der Waals surface area (Å²) >= 11 is 7.14.